The molecule has 3 aromatic carbocycles. The Labute approximate surface area is 260 Å². The summed E-state index contributed by atoms with van der Waals surface area (Å²) in [5.74, 6) is 0.551. The van der Waals surface area contributed by atoms with Crippen molar-refractivity contribution in [1.29, 1.82) is 0 Å². The highest BCUT2D eigenvalue weighted by atomic mass is 32.1. The Morgan fingerprint density at radius 3 is 2.68 bits per heavy atom. The highest BCUT2D eigenvalue weighted by Crippen LogP contribution is 2.46. The van der Waals surface area contributed by atoms with Gasteiger partial charge in [-0.25, -0.2) is 4.98 Å². The molecule has 0 spiro atoms. The highest BCUT2D eigenvalue weighted by Gasteiger charge is 2.48. The number of hydrogen-bond acceptors (Lipinski definition) is 8. The number of benzene rings is 3. The van der Waals surface area contributed by atoms with E-state index in [4.69, 9.17) is 19.2 Å². The molecule has 0 saturated carbocycles. The minimum Gasteiger partial charge on any atom is -0.507 e. The van der Waals surface area contributed by atoms with Gasteiger partial charge in [0.15, 0.2) is 16.6 Å². The number of hydrogen-bond donors (Lipinski definition) is 1. The normalized spacial score (nSPS) is 19.1. The Kier molecular flexibility index (Phi) is 8.07. The number of ketones is 1. The molecule has 0 unspecified atom stereocenters. The van der Waals surface area contributed by atoms with E-state index in [0.717, 1.165) is 33.5 Å². The van der Waals surface area contributed by atoms with Gasteiger partial charge < -0.3 is 19.3 Å². The van der Waals surface area contributed by atoms with Crippen LogP contribution in [-0.2, 0) is 16.0 Å². The fourth-order valence-electron chi connectivity index (χ4n) is 5.68. The molecular formula is C35H36N2O6S. The first-order valence-corrected chi connectivity index (χ1v) is 15.8. The standard InChI is InChI=1S/C35H36N2O6S/c1-6-41-28-18-22(8-12-27(28)42-14-13-19(2)3)31-30(32(38)23-9-11-26-24(17-23)16-21(5)43-26)33(39)34(40)37(31)35-36-25-10-7-20(4)15-29(25)44-35/h7-12,15,17-19,21,31,38H,6,13-14,16H2,1-5H3/b32-30+/t21-,31-/m1/s1. The molecule has 4 aromatic rings. The summed E-state index contributed by atoms with van der Waals surface area (Å²) >= 11 is 1.34. The number of aliphatic hydroxyl groups is 1. The Morgan fingerprint density at radius 1 is 1.09 bits per heavy atom. The summed E-state index contributed by atoms with van der Waals surface area (Å²) in [4.78, 5) is 33.8. The van der Waals surface area contributed by atoms with Crippen LogP contribution in [0.1, 0.15) is 62.4 Å². The number of fused-ring (bicyclic) bond motifs is 2. The van der Waals surface area contributed by atoms with E-state index in [1.165, 1.54) is 16.2 Å². The highest BCUT2D eigenvalue weighted by molar-refractivity contribution is 7.22. The molecule has 2 atom stereocenters. The minimum absolute atomic E-state index is 0.00623. The lowest BCUT2D eigenvalue weighted by atomic mass is 9.94. The van der Waals surface area contributed by atoms with Crippen molar-refractivity contribution < 1.29 is 28.9 Å². The third-order valence-electron chi connectivity index (χ3n) is 7.89. The molecule has 1 amide bonds. The van der Waals surface area contributed by atoms with Gasteiger partial charge in [0.2, 0.25) is 0 Å². The molecule has 0 bridgehead atoms. The van der Waals surface area contributed by atoms with Gasteiger partial charge in [-0.05, 0) is 92.3 Å². The molecule has 6 rings (SSSR count). The molecule has 9 heteroatoms. The fourth-order valence-corrected chi connectivity index (χ4v) is 6.77. The third kappa shape index (κ3) is 5.52. The average Bonchev–Trinajstić information content (AvgIpc) is 3.65. The summed E-state index contributed by atoms with van der Waals surface area (Å²) in [6, 6.07) is 15.7. The summed E-state index contributed by atoms with van der Waals surface area (Å²) in [5, 5.41) is 12.1. The summed E-state index contributed by atoms with van der Waals surface area (Å²) in [6.07, 6.45) is 1.60. The number of anilines is 1. The van der Waals surface area contributed by atoms with Crippen LogP contribution in [0.15, 0.2) is 60.2 Å². The Morgan fingerprint density at radius 2 is 1.91 bits per heavy atom. The second-order valence-electron chi connectivity index (χ2n) is 11.8. The molecule has 0 radical (unpaired) electrons. The first-order chi connectivity index (χ1) is 21.1. The van der Waals surface area contributed by atoms with E-state index in [-0.39, 0.29) is 17.4 Å². The minimum atomic E-state index is -0.941. The maximum Gasteiger partial charge on any atom is 0.301 e. The zero-order valence-electron chi connectivity index (χ0n) is 25.5. The largest absolute Gasteiger partial charge is 0.507 e. The summed E-state index contributed by atoms with van der Waals surface area (Å²) < 4.78 is 18.8. The monoisotopic (exact) mass is 612 g/mol. The number of amides is 1. The molecule has 1 aromatic heterocycles. The second-order valence-corrected chi connectivity index (χ2v) is 12.8. The number of aliphatic hydroxyl groups excluding tert-OH is 1. The topological polar surface area (TPSA) is 98.2 Å². The van der Waals surface area contributed by atoms with Crippen molar-refractivity contribution in [3.05, 3.63) is 82.4 Å². The van der Waals surface area contributed by atoms with E-state index in [1.807, 2.05) is 51.1 Å². The van der Waals surface area contributed by atoms with E-state index in [1.54, 1.807) is 24.3 Å². The van der Waals surface area contributed by atoms with Crippen LogP contribution in [0.4, 0.5) is 5.13 Å². The number of rotatable bonds is 9. The summed E-state index contributed by atoms with van der Waals surface area (Å²) in [7, 11) is 0. The maximum absolute atomic E-state index is 13.8. The van der Waals surface area contributed by atoms with Gasteiger partial charge in [-0.1, -0.05) is 37.3 Å². The van der Waals surface area contributed by atoms with Crippen LogP contribution in [0.2, 0.25) is 0 Å². The molecule has 0 aliphatic carbocycles. The van der Waals surface area contributed by atoms with E-state index in [0.29, 0.717) is 53.3 Å². The zero-order valence-corrected chi connectivity index (χ0v) is 26.4. The molecule has 3 heterocycles. The van der Waals surface area contributed by atoms with Crippen LogP contribution in [0.25, 0.3) is 16.0 Å². The molecule has 8 nitrogen and oxygen atoms in total. The second kappa shape index (κ2) is 12.0. The molecule has 2 aliphatic rings. The predicted octanol–water partition coefficient (Wildman–Crippen LogP) is 7.38. The van der Waals surface area contributed by atoms with Gasteiger partial charge in [-0.15, -0.1) is 0 Å². The van der Waals surface area contributed by atoms with Crippen molar-refractivity contribution in [3.8, 4) is 17.2 Å². The number of ether oxygens (including phenoxy) is 3. The van der Waals surface area contributed by atoms with E-state index >= 15 is 0 Å². The summed E-state index contributed by atoms with van der Waals surface area (Å²) in [5.41, 5.74) is 3.77. The lowest BCUT2D eigenvalue weighted by Crippen LogP contribution is -2.29. The van der Waals surface area contributed by atoms with Crippen LogP contribution in [0.3, 0.4) is 0 Å². The molecule has 1 N–H and O–H groups in total. The van der Waals surface area contributed by atoms with Gasteiger partial charge >= 0.3 is 5.91 Å². The van der Waals surface area contributed by atoms with Crippen LogP contribution in [0.5, 0.6) is 17.2 Å². The molecule has 2 aliphatic heterocycles. The average molecular weight is 613 g/mol. The van der Waals surface area contributed by atoms with Gasteiger partial charge in [-0.3, -0.25) is 14.5 Å². The van der Waals surface area contributed by atoms with E-state index in [9.17, 15) is 14.7 Å². The quantitative estimate of drug-likeness (QED) is 0.120. The Bertz CT molecular complexity index is 1790. The first kappa shape index (κ1) is 29.7. The lowest BCUT2D eigenvalue weighted by Gasteiger charge is -2.24. The van der Waals surface area contributed by atoms with Gasteiger partial charge in [0.25, 0.3) is 5.78 Å². The lowest BCUT2D eigenvalue weighted by molar-refractivity contribution is -0.132. The van der Waals surface area contributed by atoms with E-state index < -0.39 is 17.7 Å². The number of aryl methyl sites for hydroxylation is 1. The number of aromatic nitrogens is 1. The van der Waals surface area contributed by atoms with Crippen molar-refractivity contribution in [2.75, 3.05) is 18.1 Å². The van der Waals surface area contributed by atoms with Crippen molar-refractivity contribution in [2.45, 2.75) is 59.6 Å². The zero-order chi connectivity index (χ0) is 31.1. The van der Waals surface area contributed by atoms with E-state index in [2.05, 4.69) is 13.8 Å². The SMILES string of the molecule is CCOc1cc([C@@H]2/C(=C(\O)c3ccc4c(c3)C[C@@H](C)O4)C(=O)C(=O)N2c2nc3ccc(C)cc3s2)ccc1OCCC(C)C. The molecular weight excluding hydrogens is 576 g/mol. The van der Waals surface area contributed by atoms with Crippen molar-refractivity contribution in [2.24, 2.45) is 5.92 Å². The Hall–Kier alpha value is -4.37. The predicted molar refractivity (Wildman–Crippen MR) is 172 cm³/mol. The van der Waals surface area contributed by atoms with Crippen molar-refractivity contribution in [1.82, 2.24) is 4.98 Å². The van der Waals surface area contributed by atoms with Crippen LogP contribution in [-0.4, -0.2) is 41.1 Å². The van der Waals surface area contributed by atoms with Crippen LogP contribution in [0, 0.1) is 12.8 Å². The van der Waals surface area contributed by atoms with Gasteiger partial charge in [0.05, 0.1) is 35.0 Å². The first-order valence-electron chi connectivity index (χ1n) is 15.0. The number of carbonyl (C=O) groups excluding carboxylic acids is 2. The van der Waals surface area contributed by atoms with Gasteiger partial charge in [0.1, 0.15) is 17.6 Å². The third-order valence-corrected chi connectivity index (χ3v) is 8.91. The molecule has 1 fully saturated rings. The van der Waals surface area contributed by atoms with Crippen LogP contribution < -0.4 is 19.1 Å². The molecule has 228 valence electrons. The van der Waals surface area contributed by atoms with Crippen molar-refractivity contribution in [3.63, 3.8) is 0 Å². The number of thiazole rings is 1. The fraction of sp³-hybridized carbons (Fsp3) is 0.343. The molecule has 44 heavy (non-hydrogen) atoms. The summed E-state index contributed by atoms with van der Waals surface area (Å²) in [6.45, 7) is 11.1. The number of carbonyl (C=O) groups is 2. The number of nitrogens with zero attached hydrogens (tertiary/aromatic N) is 2. The number of Topliss-reactive ketones (excluding diaryl/α,β-unsaturated/α-hetero) is 1. The van der Waals surface area contributed by atoms with Crippen LogP contribution >= 0.6 is 11.3 Å². The van der Waals surface area contributed by atoms with Gasteiger partial charge in [-0.2, -0.15) is 0 Å². The maximum atomic E-state index is 13.8. The Balaban J connectivity index is 1.50. The van der Waals surface area contributed by atoms with Crippen molar-refractivity contribution >= 4 is 44.1 Å². The smallest absolute Gasteiger partial charge is 0.301 e. The van der Waals surface area contributed by atoms with Gasteiger partial charge in [0, 0.05) is 12.0 Å². The molecule has 1 saturated heterocycles.